The van der Waals surface area contributed by atoms with E-state index < -0.39 is 0 Å². The van der Waals surface area contributed by atoms with Gasteiger partial charge in [-0.2, -0.15) is 0 Å². The number of ether oxygens (including phenoxy) is 1. The van der Waals surface area contributed by atoms with E-state index in [1.807, 2.05) is 12.3 Å². The average molecular weight is 254 g/mol. The lowest BCUT2D eigenvalue weighted by Crippen LogP contribution is -2.35. The number of amides is 1. The number of carbonyl (C=O) groups is 1. The van der Waals surface area contributed by atoms with Crippen LogP contribution < -0.4 is 5.32 Å². The first-order valence-corrected chi connectivity index (χ1v) is 6.97. The topological polar surface area (TPSA) is 51.2 Å². The van der Waals surface area contributed by atoms with E-state index in [4.69, 9.17) is 4.74 Å². The minimum Gasteiger partial charge on any atom is -0.378 e. The normalized spacial score (nSPS) is 23.1. The summed E-state index contributed by atoms with van der Waals surface area (Å²) >= 11 is 1.55. The Labute approximate surface area is 105 Å². The molecule has 1 amide bonds. The highest BCUT2D eigenvalue weighted by molar-refractivity contribution is 7.07. The van der Waals surface area contributed by atoms with Crippen molar-refractivity contribution in [3.63, 3.8) is 0 Å². The van der Waals surface area contributed by atoms with E-state index in [-0.39, 0.29) is 5.91 Å². The number of aromatic nitrogens is 1. The molecule has 0 unspecified atom stereocenters. The van der Waals surface area contributed by atoms with Gasteiger partial charge in [-0.15, -0.1) is 11.3 Å². The molecule has 1 fully saturated rings. The number of hydrogen-bond acceptors (Lipinski definition) is 4. The van der Waals surface area contributed by atoms with Crippen LogP contribution in [0.2, 0.25) is 0 Å². The Hall–Kier alpha value is -0.940. The zero-order valence-corrected chi connectivity index (χ0v) is 10.8. The zero-order chi connectivity index (χ0) is 12.1. The number of rotatable bonds is 6. The van der Waals surface area contributed by atoms with Gasteiger partial charge in [-0.3, -0.25) is 4.79 Å². The van der Waals surface area contributed by atoms with Crippen LogP contribution in [0.25, 0.3) is 0 Å². The van der Waals surface area contributed by atoms with E-state index in [9.17, 15) is 4.79 Å². The molecule has 5 heteroatoms. The van der Waals surface area contributed by atoms with Crippen LogP contribution in [-0.2, 0) is 16.1 Å². The Kier molecular flexibility index (Phi) is 4.50. The number of hydrogen-bond donors (Lipinski definition) is 1. The predicted molar refractivity (Wildman–Crippen MR) is 66.7 cm³/mol. The standard InChI is InChI=1S/C12H18N2O2S/c1-2-16-11-3-9(4-11)5-12(15)13-6-10-7-17-8-14-10/h7-9,11H,2-6H2,1H3,(H,13,15). The Morgan fingerprint density at radius 1 is 1.65 bits per heavy atom. The van der Waals surface area contributed by atoms with Gasteiger partial charge in [0.05, 0.1) is 23.9 Å². The second-order valence-corrected chi connectivity index (χ2v) is 5.09. The van der Waals surface area contributed by atoms with Crippen molar-refractivity contribution in [3.8, 4) is 0 Å². The summed E-state index contributed by atoms with van der Waals surface area (Å²) in [6.45, 7) is 3.32. The van der Waals surface area contributed by atoms with Gasteiger partial charge in [0.1, 0.15) is 0 Å². The molecule has 0 aliphatic heterocycles. The fourth-order valence-corrected chi connectivity index (χ4v) is 2.62. The molecule has 94 valence electrons. The van der Waals surface area contributed by atoms with Gasteiger partial charge >= 0.3 is 0 Å². The first kappa shape index (κ1) is 12.5. The van der Waals surface area contributed by atoms with E-state index in [1.54, 1.807) is 16.8 Å². The molecular formula is C12H18N2O2S. The molecule has 1 aromatic rings. The average Bonchev–Trinajstić information content (AvgIpc) is 2.76. The van der Waals surface area contributed by atoms with Gasteiger partial charge in [0.15, 0.2) is 0 Å². The minimum atomic E-state index is 0.123. The van der Waals surface area contributed by atoms with E-state index in [1.165, 1.54) is 0 Å². The Balaban J connectivity index is 1.59. The van der Waals surface area contributed by atoms with Gasteiger partial charge in [0.25, 0.3) is 0 Å². The van der Waals surface area contributed by atoms with Crippen LogP contribution in [-0.4, -0.2) is 23.6 Å². The summed E-state index contributed by atoms with van der Waals surface area (Å²) in [7, 11) is 0. The molecular weight excluding hydrogens is 236 g/mol. The van der Waals surface area contributed by atoms with Crippen molar-refractivity contribution in [1.29, 1.82) is 0 Å². The zero-order valence-electron chi connectivity index (χ0n) is 10.0. The molecule has 1 heterocycles. The summed E-state index contributed by atoms with van der Waals surface area (Å²) < 4.78 is 5.47. The SMILES string of the molecule is CCOC1CC(CC(=O)NCc2cscn2)C1. The second-order valence-electron chi connectivity index (χ2n) is 4.38. The van der Waals surface area contributed by atoms with Crippen LogP contribution in [0.3, 0.4) is 0 Å². The molecule has 0 aromatic carbocycles. The van der Waals surface area contributed by atoms with Crippen molar-refractivity contribution in [2.24, 2.45) is 5.92 Å². The molecule has 0 bridgehead atoms. The van der Waals surface area contributed by atoms with Gasteiger partial charge in [0, 0.05) is 18.4 Å². The number of nitrogens with zero attached hydrogens (tertiary/aromatic N) is 1. The van der Waals surface area contributed by atoms with Crippen LogP contribution in [0, 0.1) is 5.92 Å². The minimum absolute atomic E-state index is 0.123. The van der Waals surface area contributed by atoms with Gasteiger partial charge in [-0.25, -0.2) is 4.98 Å². The van der Waals surface area contributed by atoms with Crippen molar-refractivity contribution in [3.05, 3.63) is 16.6 Å². The molecule has 1 aliphatic rings. The monoisotopic (exact) mass is 254 g/mol. The quantitative estimate of drug-likeness (QED) is 0.844. The van der Waals surface area contributed by atoms with Crippen molar-refractivity contribution in [2.75, 3.05) is 6.61 Å². The molecule has 0 spiro atoms. The van der Waals surface area contributed by atoms with Gasteiger partial charge in [-0.1, -0.05) is 0 Å². The highest BCUT2D eigenvalue weighted by Crippen LogP contribution is 2.32. The number of nitrogens with one attached hydrogen (secondary N) is 1. The lowest BCUT2D eigenvalue weighted by atomic mass is 9.80. The Morgan fingerprint density at radius 3 is 3.12 bits per heavy atom. The third-order valence-corrected chi connectivity index (χ3v) is 3.65. The largest absolute Gasteiger partial charge is 0.378 e. The van der Waals surface area contributed by atoms with Crippen LogP contribution >= 0.6 is 11.3 Å². The van der Waals surface area contributed by atoms with Crippen molar-refractivity contribution in [2.45, 2.75) is 38.8 Å². The van der Waals surface area contributed by atoms with E-state index >= 15 is 0 Å². The fourth-order valence-electron chi connectivity index (χ4n) is 2.06. The van der Waals surface area contributed by atoms with Gasteiger partial charge in [-0.05, 0) is 25.7 Å². The lowest BCUT2D eigenvalue weighted by molar-refractivity contribution is -0.124. The maximum Gasteiger partial charge on any atom is 0.220 e. The summed E-state index contributed by atoms with van der Waals surface area (Å²) in [5, 5.41) is 4.85. The van der Waals surface area contributed by atoms with Crippen molar-refractivity contribution in [1.82, 2.24) is 10.3 Å². The summed E-state index contributed by atoms with van der Waals surface area (Å²) in [4.78, 5) is 15.8. The third kappa shape index (κ3) is 3.78. The molecule has 0 saturated heterocycles. The number of thiazole rings is 1. The van der Waals surface area contributed by atoms with Gasteiger partial charge < -0.3 is 10.1 Å². The van der Waals surface area contributed by atoms with Crippen molar-refractivity contribution >= 4 is 17.2 Å². The number of carbonyl (C=O) groups excluding carboxylic acids is 1. The maximum absolute atomic E-state index is 11.6. The predicted octanol–water partition coefficient (Wildman–Crippen LogP) is 1.96. The van der Waals surface area contributed by atoms with Gasteiger partial charge in [0.2, 0.25) is 5.91 Å². The Morgan fingerprint density at radius 2 is 2.47 bits per heavy atom. The summed E-state index contributed by atoms with van der Waals surface area (Å²) in [5.74, 6) is 0.625. The summed E-state index contributed by atoms with van der Waals surface area (Å²) in [6.07, 6.45) is 3.06. The van der Waals surface area contributed by atoms with E-state index in [0.717, 1.165) is 25.1 Å². The molecule has 1 N–H and O–H groups in total. The second kappa shape index (κ2) is 6.12. The smallest absolute Gasteiger partial charge is 0.220 e. The highest BCUT2D eigenvalue weighted by Gasteiger charge is 2.30. The first-order valence-electron chi connectivity index (χ1n) is 6.03. The van der Waals surface area contributed by atoms with Crippen LogP contribution in [0.5, 0.6) is 0 Å². The first-order chi connectivity index (χ1) is 8.28. The molecule has 0 atom stereocenters. The van der Waals surface area contributed by atoms with Crippen LogP contribution in [0.1, 0.15) is 31.9 Å². The summed E-state index contributed by atoms with van der Waals surface area (Å²) in [6, 6.07) is 0. The molecule has 1 aromatic heterocycles. The van der Waals surface area contributed by atoms with Crippen molar-refractivity contribution < 1.29 is 9.53 Å². The molecule has 1 aliphatic carbocycles. The lowest BCUT2D eigenvalue weighted by Gasteiger charge is -2.34. The fraction of sp³-hybridized carbons (Fsp3) is 0.667. The molecule has 2 rings (SSSR count). The summed E-state index contributed by atoms with van der Waals surface area (Å²) in [5.41, 5.74) is 2.71. The van der Waals surface area contributed by atoms with Crippen LogP contribution in [0.15, 0.2) is 10.9 Å². The molecule has 0 radical (unpaired) electrons. The van der Waals surface area contributed by atoms with E-state index in [2.05, 4.69) is 10.3 Å². The molecule has 1 saturated carbocycles. The molecule has 17 heavy (non-hydrogen) atoms. The maximum atomic E-state index is 11.6. The highest BCUT2D eigenvalue weighted by atomic mass is 32.1. The van der Waals surface area contributed by atoms with Crippen LogP contribution in [0.4, 0.5) is 0 Å². The Bertz CT molecular complexity index is 347. The molecule has 4 nitrogen and oxygen atoms in total. The van der Waals surface area contributed by atoms with E-state index in [0.29, 0.717) is 25.0 Å². The third-order valence-electron chi connectivity index (χ3n) is 3.02.